The third kappa shape index (κ3) is 11.0. The van der Waals surface area contributed by atoms with Gasteiger partial charge in [0.05, 0.1) is 12.2 Å². The lowest BCUT2D eigenvalue weighted by Crippen LogP contribution is -2.32. The molecular weight excluding hydrogens is 411 g/mol. The maximum Gasteiger partial charge on any atom is 0.469 e. The van der Waals surface area contributed by atoms with E-state index in [1.54, 1.807) is 13.0 Å². The van der Waals surface area contributed by atoms with Gasteiger partial charge in [-0.1, -0.05) is 51.2 Å². The first-order valence-electron chi connectivity index (χ1n) is 9.98. The van der Waals surface area contributed by atoms with Gasteiger partial charge < -0.3 is 24.7 Å². The average molecular weight is 444 g/mol. The number of aliphatic hydroxyl groups is 2. The molecule has 5 unspecified atom stereocenters. The fourth-order valence-electron chi connectivity index (χ4n) is 2.74. The summed E-state index contributed by atoms with van der Waals surface area (Å²) in [6.45, 7) is 5.89. The first-order chi connectivity index (χ1) is 14.0. The Morgan fingerprint density at radius 1 is 1.23 bits per heavy atom. The van der Waals surface area contributed by atoms with Gasteiger partial charge in [0.1, 0.15) is 12.2 Å². The van der Waals surface area contributed by atoms with Crippen molar-refractivity contribution in [3.05, 3.63) is 48.6 Å². The number of phosphoric ester groups is 1. The van der Waals surface area contributed by atoms with E-state index in [2.05, 4.69) is 13.8 Å². The molecule has 0 fully saturated rings. The molecule has 0 spiro atoms. The predicted octanol–water partition coefficient (Wildman–Crippen LogP) is 2.80. The Balaban J connectivity index is 2.71. The molecule has 0 saturated carbocycles. The number of aliphatic hydroxyl groups excluding tert-OH is 2. The van der Waals surface area contributed by atoms with Crippen LogP contribution >= 0.6 is 7.82 Å². The van der Waals surface area contributed by atoms with Crippen LogP contribution in [0.3, 0.4) is 0 Å². The van der Waals surface area contributed by atoms with Gasteiger partial charge in [-0.15, -0.1) is 0 Å². The van der Waals surface area contributed by atoms with Crippen LogP contribution in [0.25, 0.3) is 0 Å². The van der Waals surface area contributed by atoms with Gasteiger partial charge in [0.15, 0.2) is 0 Å². The zero-order valence-electron chi connectivity index (χ0n) is 17.6. The molecule has 4 N–H and O–H groups in total. The normalized spacial score (nSPS) is 23.5. The molecule has 0 radical (unpaired) electrons. The van der Waals surface area contributed by atoms with Crippen molar-refractivity contribution in [1.82, 2.24) is 0 Å². The second-order valence-electron chi connectivity index (χ2n) is 7.68. The van der Waals surface area contributed by atoms with Crippen LogP contribution in [0.2, 0.25) is 0 Å². The Kier molecular flexibility index (Phi) is 11.5. The molecule has 0 aromatic rings. The van der Waals surface area contributed by atoms with E-state index in [0.717, 1.165) is 18.9 Å². The van der Waals surface area contributed by atoms with Crippen molar-refractivity contribution in [3.8, 4) is 0 Å². The Morgan fingerprint density at radius 2 is 1.93 bits per heavy atom. The minimum atomic E-state index is -4.79. The number of hydrogen-bond acceptors (Lipinski definition) is 6. The maximum absolute atomic E-state index is 11.3. The molecule has 1 aliphatic rings. The van der Waals surface area contributed by atoms with Crippen LogP contribution in [0.15, 0.2) is 48.6 Å². The van der Waals surface area contributed by atoms with Gasteiger partial charge in [0.25, 0.3) is 0 Å². The number of hydrogen-bond donors (Lipinski definition) is 4. The van der Waals surface area contributed by atoms with Crippen LogP contribution in [0.5, 0.6) is 0 Å². The van der Waals surface area contributed by atoms with Crippen molar-refractivity contribution in [3.63, 3.8) is 0 Å². The average Bonchev–Trinajstić information content (AvgIpc) is 2.64. The summed E-state index contributed by atoms with van der Waals surface area (Å²) in [6, 6.07) is 0. The van der Waals surface area contributed by atoms with Crippen molar-refractivity contribution in [2.75, 3.05) is 0 Å². The molecule has 1 aliphatic heterocycles. The third-order valence-corrected chi connectivity index (χ3v) is 5.12. The minimum absolute atomic E-state index is 0.0336. The summed E-state index contributed by atoms with van der Waals surface area (Å²) in [7, 11) is -4.79. The number of carbonyl (C=O) groups excluding carboxylic acids is 1. The van der Waals surface area contributed by atoms with Crippen molar-refractivity contribution >= 4 is 13.8 Å². The lowest BCUT2D eigenvalue weighted by molar-refractivity contribution is -0.146. The van der Waals surface area contributed by atoms with Gasteiger partial charge in [-0.25, -0.2) is 9.36 Å². The molecule has 5 atom stereocenters. The van der Waals surface area contributed by atoms with E-state index in [1.807, 2.05) is 12.2 Å². The van der Waals surface area contributed by atoms with Crippen molar-refractivity contribution in [2.45, 2.75) is 64.4 Å². The highest BCUT2D eigenvalue weighted by Crippen LogP contribution is 2.40. The number of esters is 1. The van der Waals surface area contributed by atoms with Gasteiger partial charge in [0, 0.05) is 12.0 Å². The van der Waals surface area contributed by atoms with Crippen molar-refractivity contribution < 1.29 is 38.6 Å². The molecule has 8 nitrogen and oxygen atoms in total. The van der Waals surface area contributed by atoms with Crippen molar-refractivity contribution in [1.29, 1.82) is 0 Å². The predicted molar refractivity (Wildman–Crippen MR) is 113 cm³/mol. The first kappa shape index (κ1) is 26.5. The monoisotopic (exact) mass is 444 g/mol. The van der Waals surface area contributed by atoms with E-state index < -0.39 is 44.1 Å². The lowest BCUT2D eigenvalue weighted by atomic mass is 9.95. The SMILES string of the molecule is CC(C)CCC=CC=CC(O)C(C)C(CC=CC1OC(=O)C=CC1O)OP(=O)(O)O. The Morgan fingerprint density at radius 3 is 2.57 bits per heavy atom. The van der Waals surface area contributed by atoms with Crippen LogP contribution in [-0.4, -0.2) is 50.4 Å². The third-order valence-electron chi connectivity index (χ3n) is 4.58. The number of allylic oxidation sites excluding steroid dienone is 3. The summed E-state index contributed by atoms with van der Waals surface area (Å²) < 4.78 is 21.1. The minimum Gasteiger partial charge on any atom is -0.452 e. The Labute approximate surface area is 177 Å². The van der Waals surface area contributed by atoms with Gasteiger partial charge in [-0.2, -0.15) is 0 Å². The molecular formula is C21H33O8P. The van der Waals surface area contributed by atoms with E-state index in [4.69, 9.17) is 9.26 Å². The van der Waals surface area contributed by atoms with Crippen molar-refractivity contribution in [2.24, 2.45) is 11.8 Å². The van der Waals surface area contributed by atoms with E-state index in [1.165, 1.54) is 24.3 Å². The first-order valence-corrected chi connectivity index (χ1v) is 11.5. The van der Waals surface area contributed by atoms with Gasteiger partial charge in [0.2, 0.25) is 0 Å². The molecule has 0 amide bonds. The summed E-state index contributed by atoms with van der Waals surface area (Å²) in [4.78, 5) is 29.7. The fourth-order valence-corrected chi connectivity index (χ4v) is 3.37. The van der Waals surface area contributed by atoms with Gasteiger partial charge in [-0.05, 0) is 37.3 Å². The summed E-state index contributed by atoms with van der Waals surface area (Å²) in [5.41, 5.74) is 0. The Bertz CT molecular complexity index is 691. The van der Waals surface area contributed by atoms with Gasteiger partial charge in [-0.3, -0.25) is 4.52 Å². The molecule has 1 rings (SSSR count). The molecule has 30 heavy (non-hydrogen) atoms. The van der Waals surface area contributed by atoms with E-state index in [-0.39, 0.29) is 6.42 Å². The second-order valence-corrected chi connectivity index (χ2v) is 8.88. The van der Waals surface area contributed by atoms with Crippen LogP contribution < -0.4 is 0 Å². The molecule has 0 aliphatic carbocycles. The summed E-state index contributed by atoms with van der Waals surface area (Å²) >= 11 is 0. The summed E-state index contributed by atoms with van der Waals surface area (Å²) in [5.74, 6) is -0.619. The highest BCUT2D eigenvalue weighted by Gasteiger charge is 2.30. The molecule has 9 heteroatoms. The number of rotatable bonds is 12. The topological polar surface area (TPSA) is 134 Å². The van der Waals surface area contributed by atoms with E-state index in [0.29, 0.717) is 5.92 Å². The van der Waals surface area contributed by atoms with E-state index >= 15 is 0 Å². The highest BCUT2D eigenvalue weighted by atomic mass is 31.2. The lowest BCUT2D eigenvalue weighted by Gasteiger charge is -2.26. The molecule has 0 aromatic carbocycles. The Hall–Kier alpha value is -1.54. The zero-order chi connectivity index (χ0) is 22.7. The molecule has 0 aromatic heterocycles. The number of carbonyl (C=O) groups is 1. The number of ether oxygens (including phenoxy) is 1. The number of cyclic esters (lactones) is 1. The quantitative estimate of drug-likeness (QED) is 0.156. The van der Waals surface area contributed by atoms with E-state index in [9.17, 15) is 29.4 Å². The smallest absolute Gasteiger partial charge is 0.452 e. The standard InChI is InChI=1S/C21H33O8P/c1-15(2)9-6-4-5-7-10-17(22)16(3)19(29-30(25,26)27)11-8-12-20-18(23)13-14-21(24)28-20/h4-5,7-8,10,12-20,22-23H,6,9,11H2,1-3H3,(H2,25,26,27). The van der Waals surface area contributed by atoms with Gasteiger partial charge >= 0.3 is 13.8 Å². The molecule has 1 heterocycles. The maximum atomic E-state index is 11.3. The summed E-state index contributed by atoms with van der Waals surface area (Å²) in [5, 5.41) is 20.2. The number of phosphoric acid groups is 1. The van der Waals surface area contributed by atoms with Crippen LogP contribution in [0, 0.1) is 11.8 Å². The zero-order valence-corrected chi connectivity index (χ0v) is 18.5. The molecule has 0 saturated heterocycles. The fraction of sp³-hybridized carbons (Fsp3) is 0.571. The van der Waals surface area contributed by atoms with Crippen LogP contribution in [-0.2, 0) is 18.6 Å². The molecule has 0 bridgehead atoms. The second kappa shape index (κ2) is 13.0. The summed E-state index contributed by atoms with van der Waals surface area (Å²) in [6.07, 6.45) is 10.5. The largest absolute Gasteiger partial charge is 0.469 e. The molecule has 170 valence electrons. The van der Waals surface area contributed by atoms with Crippen LogP contribution in [0.1, 0.15) is 40.0 Å². The highest BCUT2D eigenvalue weighted by molar-refractivity contribution is 7.46. The van der Waals surface area contributed by atoms with Crippen LogP contribution in [0.4, 0.5) is 0 Å².